The molecule has 166 valence electrons. The summed E-state index contributed by atoms with van der Waals surface area (Å²) in [7, 11) is 0. The Morgan fingerprint density at radius 1 is 1.00 bits per heavy atom. The van der Waals surface area contributed by atoms with Crippen molar-refractivity contribution in [2.24, 2.45) is 0 Å². The van der Waals surface area contributed by atoms with E-state index in [1.807, 2.05) is 50.2 Å². The van der Waals surface area contributed by atoms with Crippen LogP contribution in [0.3, 0.4) is 0 Å². The lowest BCUT2D eigenvalue weighted by Gasteiger charge is -2.28. The second-order valence-corrected chi connectivity index (χ2v) is 7.66. The van der Waals surface area contributed by atoms with Crippen LogP contribution in [0.25, 0.3) is 5.69 Å². The number of hydrogen-bond acceptors (Lipinski definition) is 6. The number of carbonyl (C=O) groups is 2. The number of nitrogens with zero attached hydrogens (tertiary/aromatic N) is 5. The Bertz CT molecular complexity index is 1060. The van der Waals surface area contributed by atoms with Crippen molar-refractivity contribution in [2.45, 2.75) is 32.6 Å². The number of aromatic nitrogens is 3. The summed E-state index contributed by atoms with van der Waals surface area (Å²) in [6.07, 6.45) is 2.14. The standard InChI is InChI=1S/C23H25N5O4/c1-17-14-27(23(30)31-16-19-8-4-3-5-9-19)32-18(2)15-26(17)22(29)20-10-6-7-11-21(20)28-24-12-13-25-28/h3-13,17-18H,14-16H2,1-2H3/t17-,18?/m0/s1. The molecule has 1 aromatic heterocycles. The van der Waals surface area contributed by atoms with Crippen molar-refractivity contribution in [1.29, 1.82) is 0 Å². The number of amides is 2. The van der Waals surface area contributed by atoms with Crippen molar-refractivity contribution < 1.29 is 19.2 Å². The van der Waals surface area contributed by atoms with E-state index in [9.17, 15) is 9.59 Å². The fraction of sp³-hybridized carbons (Fsp3) is 0.304. The molecule has 1 aliphatic rings. The number of para-hydroxylation sites is 1. The largest absolute Gasteiger partial charge is 0.443 e. The van der Waals surface area contributed by atoms with Gasteiger partial charge in [0.2, 0.25) is 0 Å². The molecular weight excluding hydrogens is 410 g/mol. The first-order valence-electron chi connectivity index (χ1n) is 10.4. The zero-order valence-electron chi connectivity index (χ0n) is 18.0. The lowest BCUT2D eigenvalue weighted by Crippen LogP contribution is -2.44. The number of hydroxylamine groups is 2. The van der Waals surface area contributed by atoms with Crippen LogP contribution in [0, 0.1) is 0 Å². The summed E-state index contributed by atoms with van der Waals surface area (Å²) in [5, 5.41) is 9.50. The Hall–Kier alpha value is -3.72. The van der Waals surface area contributed by atoms with Crippen molar-refractivity contribution in [3.05, 3.63) is 78.1 Å². The number of benzene rings is 2. The maximum Gasteiger partial charge on any atom is 0.434 e. The van der Waals surface area contributed by atoms with Crippen LogP contribution in [0.5, 0.6) is 0 Å². The molecule has 3 aromatic rings. The van der Waals surface area contributed by atoms with E-state index in [0.717, 1.165) is 5.56 Å². The molecule has 1 unspecified atom stereocenters. The highest BCUT2D eigenvalue weighted by molar-refractivity contribution is 5.98. The van der Waals surface area contributed by atoms with Gasteiger partial charge < -0.3 is 9.64 Å². The van der Waals surface area contributed by atoms with Crippen molar-refractivity contribution in [2.75, 3.05) is 13.1 Å². The smallest absolute Gasteiger partial charge is 0.434 e. The van der Waals surface area contributed by atoms with Crippen molar-refractivity contribution >= 4 is 12.0 Å². The Balaban J connectivity index is 1.48. The average molecular weight is 435 g/mol. The van der Waals surface area contributed by atoms with Gasteiger partial charge in [-0.3, -0.25) is 9.63 Å². The molecule has 2 atom stereocenters. The predicted octanol–water partition coefficient (Wildman–Crippen LogP) is 3.07. The average Bonchev–Trinajstić information content (AvgIpc) is 3.30. The van der Waals surface area contributed by atoms with E-state index < -0.39 is 12.2 Å². The zero-order valence-corrected chi connectivity index (χ0v) is 18.0. The number of carbonyl (C=O) groups excluding carboxylic acids is 2. The molecule has 32 heavy (non-hydrogen) atoms. The Morgan fingerprint density at radius 3 is 2.44 bits per heavy atom. The van der Waals surface area contributed by atoms with Gasteiger partial charge in [-0.25, -0.2) is 4.79 Å². The van der Waals surface area contributed by atoms with Crippen LogP contribution < -0.4 is 0 Å². The predicted molar refractivity (Wildman–Crippen MR) is 116 cm³/mol. The van der Waals surface area contributed by atoms with Gasteiger partial charge in [0.25, 0.3) is 5.91 Å². The van der Waals surface area contributed by atoms with Crippen LogP contribution in [0.2, 0.25) is 0 Å². The Labute approximate surface area is 186 Å². The minimum absolute atomic E-state index is 0.148. The maximum atomic E-state index is 13.5. The maximum absolute atomic E-state index is 13.5. The van der Waals surface area contributed by atoms with Gasteiger partial charge in [-0.05, 0) is 31.5 Å². The molecule has 0 spiro atoms. The van der Waals surface area contributed by atoms with Crippen LogP contribution >= 0.6 is 0 Å². The van der Waals surface area contributed by atoms with E-state index in [2.05, 4.69) is 10.2 Å². The van der Waals surface area contributed by atoms with Gasteiger partial charge >= 0.3 is 6.09 Å². The van der Waals surface area contributed by atoms with Gasteiger partial charge in [0.1, 0.15) is 12.7 Å². The summed E-state index contributed by atoms with van der Waals surface area (Å²) in [5.74, 6) is -0.180. The minimum Gasteiger partial charge on any atom is -0.443 e. The fourth-order valence-corrected chi connectivity index (χ4v) is 3.60. The molecule has 0 aliphatic carbocycles. The van der Waals surface area contributed by atoms with Crippen LogP contribution in [-0.2, 0) is 16.2 Å². The molecule has 0 N–H and O–H groups in total. The molecule has 0 bridgehead atoms. The van der Waals surface area contributed by atoms with E-state index in [-0.39, 0.29) is 25.1 Å². The van der Waals surface area contributed by atoms with E-state index >= 15 is 0 Å². The van der Waals surface area contributed by atoms with Crippen molar-refractivity contribution in [3.63, 3.8) is 0 Å². The minimum atomic E-state index is -0.581. The van der Waals surface area contributed by atoms with Crippen LogP contribution in [0.1, 0.15) is 29.8 Å². The third-order valence-electron chi connectivity index (χ3n) is 5.16. The van der Waals surface area contributed by atoms with E-state index in [0.29, 0.717) is 17.8 Å². The van der Waals surface area contributed by atoms with Gasteiger partial charge in [0, 0.05) is 12.6 Å². The fourth-order valence-electron chi connectivity index (χ4n) is 3.60. The molecular formula is C23H25N5O4. The highest BCUT2D eigenvalue weighted by Crippen LogP contribution is 2.20. The summed E-state index contributed by atoms with van der Waals surface area (Å²) in [6.45, 7) is 4.35. The molecule has 4 rings (SSSR count). The number of ether oxygens (including phenoxy) is 1. The van der Waals surface area contributed by atoms with Crippen LogP contribution in [-0.4, -0.2) is 62.2 Å². The molecule has 1 saturated heterocycles. The molecule has 1 aliphatic heterocycles. The van der Waals surface area contributed by atoms with Gasteiger partial charge in [0.15, 0.2) is 0 Å². The highest BCUT2D eigenvalue weighted by atomic mass is 16.7. The summed E-state index contributed by atoms with van der Waals surface area (Å²) < 4.78 is 5.41. The highest BCUT2D eigenvalue weighted by Gasteiger charge is 2.34. The summed E-state index contributed by atoms with van der Waals surface area (Å²) in [5.41, 5.74) is 1.95. The monoisotopic (exact) mass is 435 g/mol. The van der Waals surface area contributed by atoms with Gasteiger partial charge in [-0.1, -0.05) is 42.5 Å². The first kappa shape index (κ1) is 21.5. The first-order chi connectivity index (χ1) is 15.5. The van der Waals surface area contributed by atoms with Gasteiger partial charge in [-0.15, -0.1) is 0 Å². The summed E-state index contributed by atoms with van der Waals surface area (Å²) in [4.78, 5) is 35.0. The normalized spacial score (nSPS) is 18.8. The summed E-state index contributed by atoms with van der Waals surface area (Å²) >= 11 is 0. The lowest BCUT2D eigenvalue weighted by atomic mass is 10.1. The Kier molecular flexibility index (Phi) is 6.46. The van der Waals surface area contributed by atoms with Gasteiger partial charge in [-0.2, -0.15) is 20.1 Å². The van der Waals surface area contributed by atoms with Crippen LogP contribution in [0.15, 0.2) is 67.0 Å². The molecule has 2 amide bonds. The van der Waals surface area contributed by atoms with Crippen LogP contribution in [0.4, 0.5) is 4.79 Å². The number of rotatable bonds is 4. The zero-order chi connectivity index (χ0) is 22.5. The topological polar surface area (TPSA) is 89.8 Å². The number of hydrogen-bond donors (Lipinski definition) is 0. The Morgan fingerprint density at radius 2 is 1.69 bits per heavy atom. The molecule has 9 nitrogen and oxygen atoms in total. The second-order valence-electron chi connectivity index (χ2n) is 7.66. The van der Waals surface area contributed by atoms with Crippen molar-refractivity contribution in [3.8, 4) is 5.69 Å². The molecule has 1 fully saturated rings. The summed E-state index contributed by atoms with van der Waals surface area (Å²) in [6, 6.07) is 16.3. The molecule has 0 saturated carbocycles. The third-order valence-corrected chi connectivity index (χ3v) is 5.16. The SMILES string of the molecule is CC1CN(C(=O)c2ccccc2-n2nccn2)[C@@H](C)CN(C(=O)OCc2ccccc2)O1. The van der Waals surface area contributed by atoms with Gasteiger partial charge in [0.05, 0.1) is 30.2 Å². The lowest BCUT2D eigenvalue weighted by molar-refractivity contribution is -0.160. The quantitative estimate of drug-likeness (QED) is 0.626. The van der Waals surface area contributed by atoms with E-state index in [1.165, 1.54) is 9.86 Å². The first-order valence-corrected chi connectivity index (χ1v) is 10.4. The van der Waals surface area contributed by atoms with Crippen molar-refractivity contribution in [1.82, 2.24) is 25.0 Å². The third kappa shape index (κ3) is 4.78. The van der Waals surface area contributed by atoms with E-state index in [4.69, 9.17) is 9.57 Å². The second kappa shape index (κ2) is 9.61. The molecule has 2 heterocycles. The molecule has 0 radical (unpaired) electrons. The van der Waals surface area contributed by atoms with E-state index in [1.54, 1.807) is 35.5 Å². The molecule has 9 heteroatoms. The molecule has 2 aromatic carbocycles.